The minimum atomic E-state index is -0.305. The molecule has 118 valence electrons. The number of aromatic nitrogens is 2. The van der Waals surface area contributed by atoms with Gasteiger partial charge in [-0.15, -0.1) is 0 Å². The molecular formula is C16H17N5O2. The zero-order valence-electron chi connectivity index (χ0n) is 12.5. The first-order chi connectivity index (χ1) is 11.2. The van der Waals surface area contributed by atoms with Crippen LogP contribution in [0.4, 0.5) is 10.6 Å². The average molecular weight is 311 g/mol. The number of hydrogen-bond donors (Lipinski definition) is 2. The highest BCUT2D eigenvalue weighted by Crippen LogP contribution is 2.26. The smallest absolute Gasteiger partial charge is 0.323 e. The first-order valence-electron chi connectivity index (χ1n) is 7.39. The fraction of sp³-hybridized carbons (Fsp3) is 0.250. The third-order valence-electron chi connectivity index (χ3n) is 3.69. The Hall–Kier alpha value is -2.96. The Morgan fingerprint density at radius 2 is 2.09 bits per heavy atom. The first-order valence-corrected chi connectivity index (χ1v) is 7.39. The molecule has 1 aromatic carbocycles. The van der Waals surface area contributed by atoms with Crippen LogP contribution in [0.2, 0.25) is 0 Å². The Bertz CT molecular complexity index is 677. The van der Waals surface area contributed by atoms with Gasteiger partial charge in [0.05, 0.1) is 12.5 Å². The highest BCUT2D eigenvalue weighted by Gasteiger charge is 2.29. The Labute approximate surface area is 133 Å². The highest BCUT2D eigenvalue weighted by molar-refractivity contribution is 5.89. The predicted molar refractivity (Wildman–Crippen MR) is 84.6 cm³/mol. The van der Waals surface area contributed by atoms with E-state index in [0.29, 0.717) is 18.9 Å². The maximum Gasteiger partial charge on any atom is 0.323 e. The molecule has 3 amide bonds. The van der Waals surface area contributed by atoms with Gasteiger partial charge in [0.1, 0.15) is 12.1 Å². The van der Waals surface area contributed by atoms with Crippen molar-refractivity contribution in [2.45, 2.75) is 12.5 Å². The van der Waals surface area contributed by atoms with Crippen molar-refractivity contribution >= 4 is 17.8 Å². The fourth-order valence-electron chi connectivity index (χ4n) is 2.59. The Kier molecular flexibility index (Phi) is 4.46. The maximum atomic E-state index is 12.6. The second-order valence-corrected chi connectivity index (χ2v) is 5.20. The van der Waals surface area contributed by atoms with Crippen molar-refractivity contribution in [1.82, 2.24) is 20.2 Å². The molecule has 0 bridgehead atoms. The molecule has 0 radical (unpaired) electrons. The van der Waals surface area contributed by atoms with Gasteiger partial charge >= 0.3 is 6.03 Å². The minimum Gasteiger partial charge on any atom is -0.354 e. The van der Waals surface area contributed by atoms with E-state index in [-0.39, 0.29) is 24.4 Å². The third-order valence-corrected chi connectivity index (χ3v) is 3.69. The Morgan fingerprint density at radius 1 is 1.26 bits per heavy atom. The number of nitrogens with zero attached hydrogens (tertiary/aromatic N) is 3. The van der Waals surface area contributed by atoms with Crippen LogP contribution >= 0.6 is 0 Å². The van der Waals surface area contributed by atoms with Crippen LogP contribution in [-0.4, -0.2) is 39.9 Å². The van der Waals surface area contributed by atoms with E-state index in [1.165, 1.54) is 6.33 Å². The van der Waals surface area contributed by atoms with Gasteiger partial charge in [0.2, 0.25) is 5.91 Å². The zero-order chi connectivity index (χ0) is 16.1. The molecule has 1 aliphatic heterocycles. The maximum absolute atomic E-state index is 12.6. The van der Waals surface area contributed by atoms with Gasteiger partial charge in [-0.25, -0.2) is 14.8 Å². The molecule has 7 heteroatoms. The first kappa shape index (κ1) is 15.0. The van der Waals surface area contributed by atoms with E-state index in [4.69, 9.17) is 0 Å². The molecule has 7 nitrogen and oxygen atoms in total. The summed E-state index contributed by atoms with van der Waals surface area (Å²) in [5.41, 5.74) is 0.933. The molecule has 1 aromatic heterocycles. The van der Waals surface area contributed by atoms with Gasteiger partial charge in [-0.1, -0.05) is 30.3 Å². The molecule has 0 aliphatic carbocycles. The van der Waals surface area contributed by atoms with Crippen molar-refractivity contribution in [3.63, 3.8) is 0 Å². The molecule has 23 heavy (non-hydrogen) atoms. The summed E-state index contributed by atoms with van der Waals surface area (Å²) in [6.45, 7) is 0.863. The van der Waals surface area contributed by atoms with E-state index >= 15 is 0 Å². The number of hydrogen-bond acceptors (Lipinski definition) is 4. The Balaban J connectivity index is 1.84. The van der Waals surface area contributed by atoms with Crippen LogP contribution in [0.3, 0.4) is 0 Å². The SMILES string of the molecule is O=C1C[C@@H](c2ccccc2)N(C(=O)Nc2ccncn2)CCN1. The van der Waals surface area contributed by atoms with E-state index in [0.717, 1.165) is 5.56 Å². The van der Waals surface area contributed by atoms with Crippen LogP contribution in [-0.2, 0) is 4.79 Å². The molecule has 1 atom stereocenters. The number of carbonyl (C=O) groups excluding carboxylic acids is 2. The average Bonchev–Trinajstić information content (AvgIpc) is 2.78. The van der Waals surface area contributed by atoms with E-state index in [1.807, 2.05) is 30.3 Å². The summed E-state index contributed by atoms with van der Waals surface area (Å²) in [5, 5.41) is 5.56. The van der Waals surface area contributed by atoms with Crippen LogP contribution in [0.5, 0.6) is 0 Å². The van der Waals surface area contributed by atoms with Crippen LogP contribution < -0.4 is 10.6 Å². The monoisotopic (exact) mass is 311 g/mol. The Morgan fingerprint density at radius 3 is 2.83 bits per heavy atom. The van der Waals surface area contributed by atoms with Gasteiger partial charge < -0.3 is 10.2 Å². The van der Waals surface area contributed by atoms with E-state index in [1.54, 1.807) is 17.2 Å². The number of benzene rings is 1. The van der Waals surface area contributed by atoms with Crippen molar-refractivity contribution in [2.75, 3.05) is 18.4 Å². The van der Waals surface area contributed by atoms with Crippen molar-refractivity contribution in [1.29, 1.82) is 0 Å². The summed E-state index contributed by atoms with van der Waals surface area (Å²) in [7, 11) is 0. The predicted octanol–water partition coefficient (Wildman–Crippen LogP) is 1.57. The molecule has 2 N–H and O–H groups in total. The van der Waals surface area contributed by atoms with Crippen molar-refractivity contribution in [2.24, 2.45) is 0 Å². The number of amides is 3. The molecule has 1 saturated heterocycles. The van der Waals surface area contributed by atoms with Crippen molar-refractivity contribution in [3.8, 4) is 0 Å². The lowest BCUT2D eigenvalue weighted by molar-refractivity contribution is -0.121. The van der Waals surface area contributed by atoms with E-state index < -0.39 is 0 Å². The normalized spacial score (nSPS) is 18.0. The minimum absolute atomic E-state index is 0.0591. The van der Waals surface area contributed by atoms with Gasteiger partial charge in [0.15, 0.2) is 0 Å². The van der Waals surface area contributed by atoms with Gasteiger partial charge in [-0.3, -0.25) is 10.1 Å². The summed E-state index contributed by atoms with van der Waals surface area (Å²) in [4.78, 5) is 34.0. The van der Waals surface area contributed by atoms with Crippen LogP contribution in [0, 0.1) is 0 Å². The summed E-state index contributed by atoms with van der Waals surface area (Å²) >= 11 is 0. The standard InChI is InChI=1S/C16H17N5O2/c22-15-10-13(12-4-2-1-3-5-12)21(9-8-18-15)16(23)20-14-6-7-17-11-19-14/h1-7,11,13H,8-10H2,(H,18,22)(H,17,19,20,23)/t13-/m0/s1. The molecule has 1 aliphatic rings. The van der Waals surface area contributed by atoms with E-state index in [2.05, 4.69) is 20.6 Å². The quantitative estimate of drug-likeness (QED) is 0.881. The van der Waals surface area contributed by atoms with Crippen molar-refractivity contribution < 1.29 is 9.59 Å². The van der Waals surface area contributed by atoms with Crippen LogP contribution in [0.1, 0.15) is 18.0 Å². The lowest BCUT2D eigenvalue weighted by Crippen LogP contribution is -2.39. The lowest BCUT2D eigenvalue weighted by Gasteiger charge is -2.29. The van der Waals surface area contributed by atoms with Gasteiger partial charge in [-0.2, -0.15) is 0 Å². The third kappa shape index (κ3) is 3.63. The van der Waals surface area contributed by atoms with Gasteiger partial charge in [0, 0.05) is 19.3 Å². The molecule has 3 rings (SSSR count). The molecule has 0 spiro atoms. The second kappa shape index (κ2) is 6.87. The molecule has 2 heterocycles. The second-order valence-electron chi connectivity index (χ2n) is 5.20. The summed E-state index contributed by atoms with van der Waals surface area (Å²) in [6.07, 6.45) is 3.17. The number of anilines is 1. The van der Waals surface area contributed by atoms with Crippen LogP contribution in [0.25, 0.3) is 0 Å². The topological polar surface area (TPSA) is 87.2 Å². The fourth-order valence-corrected chi connectivity index (χ4v) is 2.59. The molecule has 0 saturated carbocycles. The highest BCUT2D eigenvalue weighted by atomic mass is 16.2. The molecule has 1 fully saturated rings. The van der Waals surface area contributed by atoms with Crippen LogP contribution in [0.15, 0.2) is 48.9 Å². The van der Waals surface area contributed by atoms with E-state index in [9.17, 15) is 9.59 Å². The summed E-state index contributed by atoms with van der Waals surface area (Å²) in [6, 6.07) is 10.6. The zero-order valence-corrected chi connectivity index (χ0v) is 12.5. The number of urea groups is 1. The molecular weight excluding hydrogens is 294 g/mol. The number of carbonyl (C=O) groups is 2. The molecule has 0 unspecified atom stereocenters. The number of nitrogens with one attached hydrogen (secondary N) is 2. The largest absolute Gasteiger partial charge is 0.354 e. The van der Waals surface area contributed by atoms with Crippen molar-refractivity contribution in [3.05, 3.63) is 54.5 Å². The van der Waals surface area contributed by atoms with Gasteiger partial charge in [-0.05, 0) is 11.6 Å². The van der Waals surface area contributed by atoms with Gasteiger partial charge in [0.25, 0.3) is 0 Å². The summed E-state index contributed by atoms with van der Waals surface area (Å²) < 4.78 is 0. The summed E-state index contributed by atoms with van der Waals surface area (Å²) in [5.74, 6) is 0.372. The number of rotatable bonds is 2. The lowest BCUT2D eigenvalue weighted by atomic mass is 10.0. The molecule has 2 aromatic rings.